The quantitative estimate of drug-likeness (QED) is 0.855. The molecular weight excluding hydrogens is 300 g/mol. The third-order valence-electron chi connectivity index (χ3n) is 5.41. The van der Waals surface area contributed by atoms with E-state index in [2.05, 4.69) is 18.2 Å². The lowest BCUT2D eigenvalue weighted by atomic mass is 9.89. The maximum absolute atomic E-state index is 12.6. The van der Waals surface area contributed by atoms with Crippen LogP contribution in [0.2, 0.25) is 0 Å². The first kappa shape index (κ1) is 17.0. The van der Waals surface area contributed by atoms with Crippen molar-refractivity contribution in [3.63, 3.8) is 0 Å². The van der Waals surface area contributed by atoms with Crippen LogP contribution in [0, 0.1) is 5.92 Å². The standard InChI is InChI=1S/C20H28N2O2/c1-21(2)20(24)17-9-11-22(12-10-17)19(23)14-15-7-8-16-5-3-4-6-18(16)13-15/h7-8,13,17H,3-6,9-12,14H2,1-2H3. The Morgan fingerprint density at radius 1 is 1.08 bits per heavy atom. The number of nitrogens with zero attached hydrogens (tertiary/aromatic N) is 2. The first-order valence-corrected chi connectivity index (χ1v) is 9.14. The highest BCUT2D eigenvalue weighted by Crippen LogP contribution is 2.23. The summed E-state index contributed by atoms with van der Waals surface area (Å²) in [6.45, 7) is 1.40. The van der Waals surface area contributed by atoms with Crippen molar-refractivity contribution in [1.82, 2.24) is 9.80 Å². The zero-order chi connectivity index (χ0) is 17.1. The van der Waals surface area contributed by atoms with Crippen molar-refractivity contribution in [2.24, 2.45) is 5.92 Å². The monoisotopic (exact) mass is 328 g/mol. The summed E-state index contributed by atoms with van der Waals surface area (Å²) in [6, 6.07) is 6.55. The topological polar surface area (TPSA) is 40.6 Å². The molecule has 1 aromatic rings. The Balaban J connectivity index is 1.55. The SMILES string of the molecule is CN(C)C(=O)C1CCN(C(=O)Cc2ccc3c(c2)CCCC3)CC1. The summed E-state index contributed by atoms with van der Waals surface area (Å²) < 4.78 is 0. The van der Waals surface area contributed by atoms with Crippen molar-refractivity contribution in [1.29, 1.82) is 0 Å². The molecule has 130 valence electrons. The second kappa shape index (κ2) is 7.37. The van der Waals surface area contributed by atoms with Gasteiger partial charge in [-0.3, -0.25) is 9.59 Å². The van der Waals surface area contributed by atoms with Gasteiger partial charge in [-0.05, 0) is 55.2 Å². The Hall–Kier alpha value is -1.84. The molecule has 1 aliphatic heterocycles. The van der Waals surface area contributed by atoms with Crippen molar-refractivity contribution < 1.29 is 9.59 Å². The number of fused-ring (bicyclic) bond motifs is 1. The number of likely N-dealkylation sites (tertiary alicyclic amines) is 1. The smallest absolute Gasteiger partial charge is 0.226 e. The molecule has 24 heavy (non-hydrogen) atoms. The van der Waals surface area contributed by atoms with E-state index < -0.39 is 0 Å². The van der Waals surface area contributed by atoms with Crippen LogP contribution >= 0.6 is 0 Å². The molecule has 4 nitrogen and oxygen atoms in total. The van der Waals surface area contributed by atoms with E-state index in [-0.39, 0.29) is 17.7 Å². The molecular formula is C20H28N2O2. The molecule has 0 aromatic heterocycles. The van der Waals surface area contributed by atoms with Crippen molar-refractivity contribution >= 4 is 11.8 Å². The molecule has 0 radical (unpaired) electrons. The summed E-state index contributed by atoms with van der Waals surface area (Å²) in [4.78, 5) is 28.2. The van der Waals surface area contributed by atoms with E-state index in [1.54, 1.807) is 19.0 Å². The Labute approximate surface area is 144 Å². The molecule has 1 heterocycles. The van der Waals surface area contributed by atoms with Crippen LogP contribution in [0.4, 0.5) is 0 Å². The molecule has 0 spiro atoms. The number of piperidine rings is 1. The number of benzene rings is 1. The highest BCUT2D eigenvalue weighted by atomic mass is 16.2. The molecule has 1 fully saturated rings. The van der Waals surface area contributed by atoms with Gasteiger partial charge in [0.05, 0.1) is 6.42 Å². The van der Waals surface area contributed by atoms with Crippen molar-refractivity contribution in [2.45, 2.75) is 44.9 Å². The molecule has 1 saturated heterocycles. The zero-order valence-electron chi connectivity index (χ0n) is 14.9. The van der Waals surface area contributed by atoms with E-state index in [1.807, 2.05) is 4.90 Å². The van der Waals surface area contributed by atoms with Gasteiger partial charge in [0.2, 0.25) is 11.8 Å². The fourth-order valence-corrected chi connectivity index (χ4v) is 3.92. The minimum absolute atomic E-state index is 0.0767. The van der Waals surface area contributed by atoms with Crippen molar-refractivity contribution in [3.8, 4) is 0 Å². The van der Waals surface area contributed by atoms with E-state index >= 15 is 0 Å². The van der Waals surface area contributed by atoms with Crippen LogP contribution in [-0.2, 0) is 28.9 Å². The molecule has 0 unspecified atom stereocenters. The fraction of sp³-hybridized carbons (Fsp3) is 0.600. The Morgan fingerprint density at radius 3 is 2.42 bits per heavy atom. The zero-order valence-corrected chi connectivity index (χ0v) is 14.9. The van der Waals surface area contributed by atoms with Gasteiger partial charge in [-0.1, -0.05) is 18.2 Å². The van der Waals surface area contributed by atoms with Crippen LogP contribution in [0.5, 0.6) is 0 Å². The minimum Gasteiger partial charge on any atom is -0.349 e. The highest BCUT2D eigenvalue weighted by Gasteiger charge is 2.28. The summed E-state index contributed by atoms with van der Waals surface area (Å²) in [5.41, 5.74) is 4.02. The predicted molar refractivity (Wildman–Crippen MR) is 94.8 cm³/mol. The van der Waals surface area contributed by atoms with E-state index in [4.69, 9.17) is 0 Å². The van der Waals surface area contributed by atoms with Gasteiger partial charge in [-0.2, -0.15) is 0 Å². The van der Waals surface area contributed by atoms with Crippen LogP contribution in [0.25, 0.3) is 0 Å². The lowest BCUT2D eigenvalue weighted by Crippen LogP contribution is -2.43. The first-order valence-electron chi connectivity index (χ1n) is 9.14. The molecule has 0 bridgehead atoms. The van der Waals surface area contributed by atoms with Gasteiger partial charge < -0.3 is 9.80 Å². The van der Waals surface area contributed by atoms with Gasteiger partial charge >= 0.3 is 0 Å². The second-order valence-electron chi connectivity index (χ2n) is 7.37. The molecule has 1 aromatic carbocycles. The van der Waals surface area contributed by atoms with Crippen LogP contribution in [0.15, 0.2) is 18.2 Å². The van der Waals surface area contributed by atoms with Gasteiger partial charge in [0.15, 0.2) is 0 Å². The van der Waals surface area contributed by atoms with Gasteiger partial charge in [-0.15, -0.1) is 0 Å². The van der Waals surface area contributed by atoms with Crippen LogP contribution in [-0.4, -0.2) is 48.8 Å². The van der Waals surface area contributed by atoms with Crippen LogP contribution in [0.3, 0.4) is 0 Å². The number of hydrogen-bond acceptors (Lipinski definition) is 2. The largest absolute Gasteiger partial charge is 0.349 e. The van der Waals surface area contributed by atoms with E-state index in [9.17, 15) is 9.59 Å². The number of hydrogen-bond donors (Lipinski definition) is 0. The Bertz CT molecular complexity index is 616. The molecule has 4 heteroatoms. The number of rotatable bonds is 3. The molecule has 0 atom stereocenters. The molecule has 0 N–H and O–H groups in total. The summed E-state index contributed by atoms with van der Waals surface area (Å²) in [7, 11) is 3.60. The molecule has 2 amide bonds. The van der Waals surface area contributed by atoms with E-state index in [1.165, 1.54) is 30.4 Å². The number of carbonyl (C=O) groups excluding carboxylic acids is 2. The van der Waals surface area contributed by atoms with E-state index in [0.29, 0.717) is 19.5 Å². The molecule has 1 aliphatic carbocycles. The Morgan fingerprint density at radius 2 is 1.75 bits per heavy atom. The number of amides is 2. The maximum atomic E-state index is 12.6. The van der Waals surface area contributed by atoms with Gasteiger partial charge in [-0.25, -0.2) is 0 Å². The predicted octanol–water partition coefficient (Wildman–Crippen LogP) is 2.43. The highest BCUT2D eigenvalue weighted by molar-refractivity contribution is 5.81. The number of aryl methyl sites for hydroxylation is 2. The van der Waals surface area contributed by atoms with Gasteiger partial charge in [0.25, 0.3) is 0 Å². The summed E-state index contributed by atoms with van der Waals surface area (Å²) in [5, 5.41) is 0. The fourth-order valence-electron chi connectivity index (χ4n) is 3.92. The average molecular weight is 328 g/mol. The van der Waals surface area contributed by atoms with Crippen LogP contribution < -0.4 is 0 Å². The molecule has 3 rings (SSSR count). The average Bonchev–Trinajstić information content (AvgIpc) is 2.61. The van der Waals surface area contributed by atoms with Crippen LogP contribution in [0.1, 0.15) is 42.4 Å². The minimum atomic E-state index is 0.0767. The lowest BCUT2D eigenvalue weighted by molar-refractivity contribution is -0.138. The summed E-state index contributed by atoms with van der Waals surface area (Å²) in [5.74, 6) is 0.464. The van der Waals surface area contributed by atoms with Crippen molar-refractivity contribution in [3.05, 3.63) is 34.9 Å². The van der Waals surface area contributed by atoms with Gasteiger partial charge in [0.1, 0.15) is 0 Å². The normalized spacial score (nSPS) is 18.2. The third kappa shape index (κ3) is 3.80. The molecule has 2 aliphatic rings. The maximum Gasteiger partial charge on any atom is 0.226 e. The number of carbonyl (C=O) groups is 2. The summed E-state index contributed by atoms with van der Waals surface area (Å²) >= 11 is 0. The lowest BCUT2D eigenvalue weighted by Gasteiger charge is -2.32. The third-order valence-corrected chi connectivity index (χ3v) is 5.41. The molecule has 0 saturated carbocycles. The second-order valence-corrected chi connectivity index (χ2v) is 7.37. The Kier molecular flexibility index (Phi) is 5.22. The van der Waals surface area contributed by atoms with Crippen molar-refractivity contribution in [2.75, 3.05) is 27.2 Å². The van der Waals surface area contributed by atoms with E-state index in [0.717, 1.165) is 24.8 Å². The summed E-state index contributed by atoms with van der Waals surface area (Å²) in [6.07, 6.45) is 6.93. The first-order chi connectivity index (χ1) is 11.5. The van der Waals surface area contributed by atoms with Gasteiger partial charge in [0, 0.05) is 33.1 Å².